The number of alkyl halides is 2. The van der Waals surface area contributed by atoms with Crippen molar-refractivity contribution in [3.63, 3.8) is 0 Å². The maximum Gasteiger partial charge on any atom is 0.255 e. The fraction of sp³-hybridized carbons (Fsp3) is 0.391. The number of aromatic nitrogens is 3. The molecule has 0 fully saturated rings. The minimum Gasteiger partial charge on any atom is -0.387 e. The predicted molar refractivity (Wildman–Crippen MR) is 124 cm³/mol. The summed E-state index contributed by atoms with van der Waals surface area (Å²) in [5.41, 5.74) is -1.26. The number of amides is 1. The molecule has 0 spiro atoms. The quantitative estimate of drug-likeness (QED) is 0.386. The van der Waals surface area contributed by atoms with Gasteiger partial charge in [-0.1, -0.05) is 0 Å². The lowest BCUT2D eigenvalue weighted by Gasteiger charge is -2.23. The molecule has 0 aromatic carbocycles. The van der Waals surface area contributed by atoms with E-state index in [0.29, 0.717) is 22.8 Å². The molecule has 10 heteroatoms. The average molecular weight is 459 g/mol. The molecule has 0 aliphatic heterocycles. The van der Waals surface area contributed by atoms with E-state index in [1.807, 2.05) is 12.1 Å². The van der Waals surface area contributed by atoms with E-state index in [-0.39, 0.29) is 18.7 Å². The first-order chi connectivity index (χ1) is 15.4. The zero-order valence-electron chi connectivity index (χ0n) is 19.0. The van der Waals surface area contributed by atoms with Gasteiger partial charge in [-0.2, -0.15) is 0 Å². The summed E-state index contributed by atoms with van der Waals surface area (Å²) in [6.07, 6.45) is 1.33. The van der Waals surface area contributed by atoms with Crippen LogP contribution in [0.4, 0.5) is 26.1 Å². The van der Waals surface area contributed by atoms with Gasteiger partial charge in [0.15, 0.2) is 0 Å². The number of carbonyl (C=O) groups is 1. The molecule has 1 amide bonds. The fourth-order valence-electron chi connectivity index (χ4n) is 2.84. The van der Waals surface area contributed by atoms with Crippen molar-refractivity contribution in [2.24, 2.45) is 0 Å². The summed E-state index contributed by atoms with van der Waals surface area (Å²) >= 11 is 0. The normalized spacial score (nSPS) is 12.9. The molecule has 0 unspecified atom stereocenters. The van der Waals surface area contributed by atoms with Gasteiger partial charge in [0.05, 0.1) is 34.4 Å². The molecule has 0 bridgehead atoms. The number of hydrogen-bond donors (Lipinski definition) is 4. The molecule has 8 nitrogen and oxygen atoms in total. The zero-order valence-corrected chi connectivity index (χ0v) is 19.0. The molecule has 33 heavy (non-hydrogen) atoms. The SMILES string of the molecule is CC(C)(F)CNc1cc(Nc2ccc3ncccc3n2)ncc1C(=O)NC[C@@H](F)C(C)(C)O. The van der Waals surface area contributed by atoms with Crippen LogP contribution in [0.15, 0.2) is 42.7 Å². The summed E-state index contributed by atoms with van der Waals surface area (Å²) in [4.78, 5) is 25.6. The summed E-state index contributed by atoms with van der Waals surface area (Å²) < 4.78 is 28.1. The smallest absolute Gasteiger partial charge is 0.255 e. The van der Waals surface area contributed by atoms with E-state index in [9.17, 15) is 18.7 Å². The Morgan fingerprint density at radius 3 is 2.58 bits per heavy atom. The number of aliphatic hydroxyl groups is 1. The first kappa shape index (κ1) is 24.2. The van der Waals surface area contributed by atoms with Crippen LogP contribution in [0.25, 0.3) is 11.0 Å². The van der Waals surface area contributed by atoms with E-state index >= 15 is 0 Å². The van der Waals surface area contributed by atoms with Crippen molar-refractivity contribution in [1.82, 2.24) is 20.3 Å². The minimum absolute atomic E-state index is 0.0635. The third-order valence-corrected chi connectivity index (χ3v) is 4.77. The monoisotopic (exact) mass is 458 g/mol. The molecule has 1 atom stereocenters. The van der Waals surface area contributed by atoms with Crippen LogP contribution in [0.1, 0.15) is 38.1 Å². The molecular weight excluding hydrogens is 430 g/mol. The van der Waals surface area contributed by atoms with E-state index in [4.69, 9.17) is 0 Å². The van der Waals surface area contributed by atoms with Crippen molar-refractivity contribution < 1.29 is 18.7 Å². The summed E-state index contributed by atoms with van der Waals surface area (Å²) in [7, 11) is 0. The zero-order chi connectivity index (χ0) is 24.2. The lowest BCUT2D eigenvalue weighted by atomic mass is 10.0. The van der Waals surface area contributed by atoms with Crippen LogP contribution in [-0.4, -0.2) is 56.5 Å². The molecule has 0 saturated heterocycles. The number of nitrogens with zero attached hydrogens (tertiary/aromatic N) is 3. The van der Waals surface area contributed by atoms with Crippen LogP contribution in [0.2, 0.25) is 0 Å². The molecular formula is C23H28F2N6O2. The third-order valence-electron chi connectivity index (χ3n) is 4.77. The first-order valence-electron chi connectivity index (χ1n) is 10.5. The predicted octanol–water partition coefficient (Wildman–Crippen LogP) is 3.77. The van der Waals surface area contributed by atoms with Gasteiger partial charge in [-0.15, -0.1) is 0 Å². The van der Waals surface area contributed by atoms with Crippen LogP contribution in [0, 0.1) is 0 Å². The molecule has 4 N–H and O–H groups in total. The Labute approximate surface area is 190 Å². The Morgan fingerprint density at radius 1 is 1.12 bits per heavy atom. The van der Waals surface area contributed by atoms with Gasteiger partial charge < -0.3 is 21.1 Å². The number of rotatable bonds is 9. The minimum atomic E-state index is -1.66. The Bertz CT molecular complexity index is 1130. The van der Waals surface area contributed by atoms with Gasteiger partial charge in [-0.25, -0.2) is 18.7 Å². The Balaban J connectivity index is 1.83. The van der Waals surface area contributed by atoms with Gasteiger partial charge in [0, 0.05) is 25.0 Å². The second-order valence-corrected chi connectivity index (χ2v) is 8.88. The van der Waals surface area contributed by atoms with Crippen molar-refractivity contribution in [1.29, 1.82) is 0 Å². The summed E-state index contributed by atoms with van der Waals surface area (Å²) in [5, 5.41) is 18.2. The molecule has 0 radical (unpaired) electrons. The number of carbonyl (C=O) groups excluding carboxylic acids is 1. The highest BCUT2D eigenvalue weighted by atomic mass is 19.1. The molecule has 176 valence electrons. The van der Waals surface area contributed by atoms with Crippen LogP contribution >= 0.6 is 0 Å². The third kappa shape index (κ3) is 6.79. The van der Waals surface area contributed by atoms with Gasteiger partial charge in [0.1, 0.15) is 23.5 Å². The highest BCUT2D eigenvalue weighted by molar-refractivity contribution is 5.99. The number of halogens is 2. The van der Waals surface area contributed by atoms with Gasteiger partial charge in [-0.3, -0.25) is 9.78 Å². The van der Waals surface area contributed by atoms with E-state index < -0.39 is 23.3 Å². The molecule has 3 heterocycles. The van der Waals surface area contributed by atoms with Gasteiger partial charge >= 0.3 is 0 Å². The standard InChI is InChI=1S/C23H28F2N6O2/c1-22(2,25)13-29-17-10-20(31-19-8-7-15-16(30-19)6-5-9-26-15)27-11-14(17)21(32)28-12-18(24)23(3,4)33/h5-11,18,33H,12-13H2,1-4H3,(H,28,32)(H2,27,29,30,31)/t18-/m1/s1. The number of pyridine rings is 3. The van der Waals surface area contributed by atoms with Crippen LogP contribution < -0.4 is 16.0 Å². The Kier molecular flexibility index (Phi) is 7.06. The topological polar surface area (TPSA) is 112 Å². The van der Waals surface area contributed by atoms with Gasteiger partial charge in [0.25, 0.3) is 5.91 Å². The van der Waals surface area contributed by atoms with E-state index in [1.54, 1.807) is 24.4 Å². The van der Waals surface area contributed by atoms with Crippen molar-refractivity contribution in [2.45, 2.75) is 45.1 Å². The Morgan fingerprint density at radius 2 is 1.88 bits per heavy atom. The first-order valence-corrected chi connectivity index (χ1v) is 10.5. The summed E-state index contributed by atoms with van der Waals surface area (Å²) in [6, 6.07) is 8.72. The summed E-state index contributed by atoms with van der Waals surface area (Å²) in [6.45, 7) is 5.00. The number of nitrogens with one attached hydrogen (secondary N) is 3. The van der Waals surface area contributed by atoms with Crippen molar-refractivity contribution in [3.8, 4) is 0 Å². The molecule has 3 aromatic heterocycles. The second kappa shape index (κ2) is 9.62. The average Bonchev–Trinajstić information content (AvgIpc) is 2.74. The fourth-order valence-corrected chi connectivity index (χ4v) is 2.84. The van der Waals surface area contributed by atoms with E-state index in [1.165, 1.54) is 33.9 Å². The van der Waals surface area contributed by atoms with Gasteiger partial charge in [-0.05, 0) is 52.0 Å². The molecule has 0 aliphatic rings. The number of fused-ring (bicyclic) bond motifs is 1. The molecule has 0 aliphatic carbocycles. The van der Waals surface area contributed by atoms with Gasteiger partial charge in [0.2, 0.25) is 0 Å². The summed E-state index contributed by atoms with van der Waals surface area (Å²) in [5.74, 6) is 0.291. The highest BCUT2D eigenvalue weighted by Gasteiger charge is 2.27. The van der Waals surface area contributed by atoms with E-state index in [0.717, 1.165) is 5.52 Å². The Hall–Kier alpha value is -3.40. The van der Waals surface area contributed by atoms with Crippen molar-refractivity contribution in [2.75, 3.05) is 23.7 Å². The number of anilines is 3. The van der Waals surface area contributed by atoms with Crippen LogP contribution in [-0.2, 0) is 0 Å². The van der Waals surface area contributed by atoms with Crippen LogP contribution in [0.5, 0.6) is 0 Å². The molecule has 3 aromatic rings. The van der Waals surface area contributed by atoms with Crippen molar-refractivity contribution in [3.05, 3.63) is 48.3 Å². The molecule has 3 rings (SSSR count). The largest absolute Gasteiger partial charge is 0.387 e. The van der Waals surface area contributed by atoms with Crippen molar-refractivity contribution >= 4 is 34.3 Å². The maximum atomic E-state index is 14.1. The molecule has 0 saturated carbocycles. The van der Waals surface area contributed by atoms with Crippen LogP contribution in [0.3, 0.4) is 0 Å². The van der Waals surface area contributed by atoms with E-state index in [2.05, 4.69) is 30.9 Å². The second-order valence-electron chi connectivity index (χ2n) is 8.88. The highest BCUT2D eigenvalue weighted by Crippen LogP contribution is 2.23. The lowest BCUT2D eigenvalue weighted by Crippen LogP contribution is -2.42. The maximum absolute atomic E-state index is 14.1. The lowest BCUT2D eigenvalue weighted by molar-refractivity contribution is -0.00177. The number of hydrogen-bond acceptors (Lipinski definition) is 7.